The third kappa shape index (κ3) is 3.80. The Kier molecular flexibility index (Phi) is 5.09. The summed E-state index contributed by atoms with van der Waals surface area (Å²) in [6.45, 7) is 2.78. The predicted octanol–water partition coefficient (Wildman–Crippen LogP) is 3.36. The lowest BCUT2D eigenvalue weighted by molar-refractivity contribution is 0.220. The van der Waals surface area contributed by atoms with Crippen molar-refractivity contribution in [1.82, 2.24) is 10.6 Å². The van der Waals surface area contributed by atoms with E-state index in [-0.39, 0.29) is 12.1 Å². The van der Waals surface area contributed by atoms with Crippen LogP contribution >= 0.6 is 0 Å². The molecule has 0 saturated heterocycles. The Balaban J connectivity index is 1.41. The molecule has 0 spiro atoms. The van der Waals surface area contributed by atoms with Crippen molar-refractivity contribution < 1.29 is 9.53 Å². The van der Waals surface area contributed by atoms with Gasteiger partial charge >= 0.3 is 6.03 Å². The second-order valence-electron chi connectivity index (χ2n) is 7.09. The van der Waals surface area contributed by atoms with Crippen LogP contribution in [0.2, 0.25) is 0 Å². The van der Waals surface area contributed by atoms with Gasteiger partial charge in [0.1, 0.15) is 5.75 Å². The number of hydrogen-bond acceptors (Lipinski definition) is 2. The molecule has 2 bridgehead atoms. The molecule has 2 aliphatic rings. The van der Waals surface area contributed by atoms with Gasteiger partial charge in [0, 0.05) is 12.6 Å². The van der Waals surface area contributed by atoms with E-state index in [0.29, 0.717) is 12.5 Å². The first-order valence-corrected chi connectivity index (χ1v) is 8.83. The van der Waals surface area contributed by atoms with Gasteiger partial charge in [0.25, 0.3) is 0 Å². The summed E-state index contributed by atoms with van der Waals surface area (Å²) in [5.74, 6) is 3.31. The number of ether oxygens (including phenoxy) is 1. The van der Waals surface area contributed by atoms with Crippen LogP contribution in [0, 0.1) is 17.8 Å². The summed E-state index contributed by atoms with van der Waals surface area (Å²) >= 11 is 0. The van der Waals surface area contributed by atoms with E-state index in [0.717, 1.165) is 29.6 Å². The van der Waals surface area contributed by atoms with Crippen molar-refractivity contribution in [2.24, 2.45) is 17.8 Å². The number of benzene rings is 1. The summed E-state index contributed by atoms with van der Waals surface area (Å²) in [7, 11) is 1.68. The Labute approximate surface area is 139 Å². The zero-order valence-corrected chi connectivity index (χ0v) is 14.2. The molecule has 4 atom stereocenters. The number of amides is 2. The maximum absolute atomic E-state index is 12.1. The molecule has 4 nitrogen and oxygen atoms in total. The molecule has 0 aliphatic heterocycles. The van der Waals surface area contributed by atoms with Crippen LogP contribution in [0.5, 0.6) is 5.75 Å². The molecule has 0 radical (unpaired) electrons. The number of nitrogens with one attached hydrogen (secondary N) is 2. The van der Waals surface area contributed by atoms with E-state index >= 15 is 0 Å². The molecule has 1 aromatic rings. The zero-order valence-electron chi connectivity index (χ0n) is 14.2. The van der Waals surface area contributed by atoms with Gasteiger partial charge in [-0.2, -0.15) is 0 Å². The predicted molar refractivity (Wildman–Crippen MR) is 91.6 cm³/mol. The number of rotatable bonds is 6. The van der Waals surface area contributed by atoms with Gasteiger partial charge in [-0.15, -0.1) is 0 Å². The van der Waals surface area contributed by atoms with Gasteiger partial charge in [-0.3, -0.25) is 0 Å². The van der Waals surface area contributed by atoms with Gasteiger partial charge in [-0.25, -0.2) is 4.79 Å². The summed E-state index contributed by atoms with van der Waals surface area (Å²) in [5.41, 5.74) is 1.12. The molecule has 126 valence electrons. The lowest BCUT2D eigenvalue weighted by Crippen LogP contribution is -2.45. The van der Waals surface area contributed by atoms with Crippen LogP contribution < -0.4 is 15.4 Å². The highest BCUT2D eigenvalue weighted by atomic mass is 16.5. The van der Waals surface area contributed by atoms with Crippen LogP contribution in [0.15, 0.2) is 24.3 Å². The fourth-order valence-electron chi connectivity index (χ4n) is 4.49. The van der Waals surface area contributed by atoms with Crippen molar-refractivity contribution in [2.75, 3.05) is 13.7 Å². The van der Waals surface area contributed by atoms with Crippen molar-refractivity contribution in [2.45, 2.75) is 45.1 Å². The smallest absolute Gasteiger partial charge is 0.315 e. The first-order chi connectivity index (χ1) is 11.2. The number of methoxy groups -OCH3 is 1. The van der Waals surface area contributed by atoms with Gasteiger partial charge in [-0.1, -0.05) is 24.6 Å². The highest BCUT2D eigenvalue weighted by Gasteiger charge is 2.42. The van der Waals surface area contributed by atoms with Gasteiger partial charge in [0.05, 0.1) is 7.11 Å². The van der Waals surface area contributed by atoms with E-state index in [2.05, 4.69) is 17.6 Å². The molecule has 4 heteroatoms. The van der Waals surface area contributed by atoms with Gasteiger partial charge in [0.2, 0.25) is 0 Å². The van der Waals surface area contributed by atoms with E-state index in [1.165, 1.54) is 25.7 Å². The van der Waals surface area contributed by atoms with Crippen molar-refractivity contribution in [3.05, 3.63) is 29.8 Å². The second kappa shape index (κ2) is 7.24. The van der Waals surface area contributed by atoms with Crippen LogP contribution in [-0.4, -0.2) is 25.7 Å². The third-order valence-corrected chi connectivity index (χ3v) is 5.67. The second-order valence-corrected chi connectivity index (χ2v) is 7.09. The average molecular weight is 316 g/mol. The molecule has 0 aromatic heterocycles. The minimum atomic E-state index is -0.0461. The fraction of sp³-hybridized carbons (Fsp3) is 0.632. The average Bonchev–Trinajstić information content (AvgIpc) is 3.18. The highest BCUT2D eigenvalue weighted by Crippen LogP contribution is 2.49. The number of hydrogen-bond donors (Lipinski definition) is 2. The van der Waals surface area contributed by atoms with Crippen LogP contribution in [0.1, 0.15) is 38.2 Å². The van der Waals surface area contributed by atoms with Gasteiger partial charge in [-0.05, 0) is 62.0 Å². The van der Waals surface area contributed by atoms with Crippen LogP contribution in [0.4, 0.5) is 4.79 Å². The molecule has 4 unspecified atom stereocenters. The van der Waals surface area contributed by atoms with E-state index < -0.39 is 0 Å². The molecule has 23 heavy (non-hydrogen) atoms. The summed E-state index contributed by atoms with van der Waals surface area (Å²) < 4.78 is 5.33. The number of para-hydroxylation sites is 1. The molecular weight excluding hydrogens is 288 g/mol. The Morgan fingerprint density at radius 2 is 2.13 bits per heavy atom. The Morgan fingerprint density at radius 1 is 1.30 bits per heavy atom. The van der Waals surface area contributed by atoms with Crippen molar-refractivity contribution in [3.63, 3.8) is 0 Å². The van der Waals surface area contributed by atoms with Crippen LogP contribution in [-0.2, 0) is 6.42 Å². The first kappa shape index (κ1) is 16.2. The third-order valence-electron chi connectivity index (χ3n) is 5.67. The molecule has 2 aliphatic carbocycles. The summed E-state index contributed by atoms with van der Waals surface area (Å²) in [5, 5.41) is 6.12. The van der Waals surface area contributed by atoms with E-state index in [1.807, 2.05) is 24.3 Å². The maximum Gasteiger partial charge on any atom is 0.315 e. The molecule has 3 rings (SSSR count). The van der Waals surface area contributed by atoms with Crippen molar-refractivity contribution >= 4 is 6.03 Å². The number of carbonyl (C=O) groups excluding carboxylic acids is 1. The Bertz CT molecular complexity index is 546. The van der Waals surface area contributed by atoms with E-state index in [4.69, 9.17) is 4.74 Å². The summed E-state index contributed by atoms with van der Waals surface area (Å²) in [4.78, 5) is 12.1. The standard InChI is InChI=1S/C19H28N2O2/c1-13(17-12-14-7-8-16(17)11-14)21-19(22)20-10-9-15-5-3-4-6-18(15)23-2/h3-6,13-14,16-17H,7-12H2,1-2H3,(H2,20,21,22). The Morgan fingerprint density at radius 3 is 2.83 bits per heavy atom. The highest BCUT2D eigenvalue weighted by molar-refractivity contribution is 5.74. The quantitative estimate of drug-likeness (QED) is 0.845. The minimum absolute atomic E-state index is 0.0461. The van der Waals surface area contributed by atoms with E-state index in [1.54, 1.807) is 7.11 Å². The number of fused-ring (bicyclic) bond motifs is 2. The molecular formula is C19H28N2O2. The lowest BCUT2D eigenvalue weighted by atomic mass is 9.84. The van der Waals surface area contributed by atoms with Crippen LogP contribution in [0.25, 0.3) is 0 Å². The van der Waals surface area contributed by atoms with Gasteiger partial charge < -0.3 is 15.4 Å². The van der Waals surface area contributed by atoms with Crippen molar-refractivity contribution in [3.8, 4) is 5.75 Å². The molecule has 1 aromatic carbocycles. The number of carbonyl (C=O) groups is 1. The van der Waals surface area contributed by atoms with Crippen molar-refractivity contribution in [1.29, 1.82) is 0 Å². The first-order valence-electron chi connectivity index (χ1n) is 8.83. The molecule has 2 fully saturated rings. The van der Waals surface area contributed by atoms with Gasteiger partial charge in [0.15, 0.2) is 0 Å². The zero-order chi connectivity index (χ0) is 16.2. The molecule has 2 saturated carbocycles. The summed E-state index contributed by atoms with van der Waals surface area (Å²) in [6, 6.07) is 8.17. The topological polar surface area (TPSA) is 50.4 Å². The molecule has 2 amide bonds. The normalized spacial score (nSPS) is 26.8. The maximum atomic E-state index is 12.1. The van der Waals surface area contributed by atoms with Crippen LogP contribution in [0.3, 0.4) is 0 Å². The fourth-order valence-corrected chi connectivity index (χ4v) is 4.49. The van der Waals surface area contributed by atoms with E-state index in [9.17, 15) is 4.79 Å². The number of urea groups is 1. The molecule has 2 N–H and O–H groups in total. The summed E-state index contributed by atoms with van der Waals surface area (Å²) in [6.07, 6.45) is 6.22. The monoisotopic (exact) mass is 316 g/mol. The molecule has 0 heterocycles. The SMILES string of the molecule is COc1ccccc1CCNC(=O)NC(C)C1CC2CCC1C2. The largest absolute Gasteiger partial charge is 0.496 e. The lowest BCUT2D eigenvalue weighted by Gasteiger charge is -2.28. The Hall–Kier alpha value is -1.71. The minimum Gasteiger partial charge on any atom is -0.496 e.